The van der Waals surface area contributed by atoms with Crippen LogP contribution in [0, 0.1) is 18.3 Å². The summed E-state index contributed by atoms with van der Waals surface area (Å²) < 4.78 is 0. The molecular weight excluding hydrogens is 222 g/mol. The van der Waals surface area contributed by atoms with Crippen LogP contribution >= 0.6 is 0 Å². The third-order valence-corrected chi connectivity index (χ3v) is 4.33. The highest BCUT2D eigenvalue weighted by Crippen LogP contribution is 2.49. The third-order valence-electron chi connectivity index (χ3n) is 4.33. The Bertz CT molecular complexity index is 404. The van der Waals surface area contributed by atoms with E-state index in [1.54, 1.807) is 0 Å². The number of aliphatic hydroxyl groups is 1. The number of aromatic nitrogens is 1. The molecule has 1 heterocycles. The Morgan fingerprint density at radius 2 is 2.00 bits per heavy atom. The van der Waals surface area contributed by atoms with Crippen molar-refractivity contribution in [3.63, 3.8) is 0 Å². The Labute approximate surface area is 110 Å². The van der Waals surface area contributed by atoms with Gasteiger partial charge in [-0.15, -0.1) is 0 Å². The Hall–Kier alpha value is -0.890. The van der Waals surface area contributed by atoms with E-state index in [0.717, 1.165) is 30.5 Å². The number of nitrogens with zero attached hydrogens (tertiary/aromatic N) is 1. The summed E-state index contributed by atoms with van der Waals surface area (Å²) in [5.74, 6) is 0.309. The standard InChI is InChI=1S/C16H25NO/c1-12-8-9-13(11-17-12)16(18)10-6-5-7-14(16)15(2,3)4/h8-9,11,14,18H,5-7,10H2,1-4H3. The minimum Gasteiger partial charge on any atom is -0.385 e. The van der Waals surface area contributed by atoms with E-state index in [9.17, 15) is 5.11 Å². The summed E-state index contributed by atoms with van der Waals surface area (Å²) in [5, 5.41) is 11.2. The van der Waals surface area contributed by atoms with E-state index in [-0.39, 0.29) is 5.41 Å². The van der Waals surface area contributed by atoms with E-state index >= 15 is 0 Å². The van der Waals surface area contributed by atoms with Crippen LogP contribution in [0.3, 0.4) is 0 Å². The molecule has 0 aliphatic heterocycles. The van der Waals surface area contributed by atoms with Gasteiger partial charge in [0.15, 0.2) is 0 Å². The summed E-state index contributed by atoms with van der Waals surface area (Å²) in [6.07, 6.45) is 6.16. The molecule has 0 radical (unpaired) electrons. The zero-order chi connectivity index (χ0) is 13.4. The summed E-state index contributed by atoms with van der Waals surface area (Å²) in [6.45, 7) is 8.68. The number of hydrogen-bond acceptors (Lipinski definition) is 2. The minimum absolute atomic E-state index is 0.125. The average molecular weight is 247 g/mol. The highest BCUT2D eigenvalue weighted by atomic mass is 16.3. The predicted octanol–water partition coefficient (Wildman–Crippen LogP) is 3.81. The SMILES string of the molecule is Cc1ccc(C2(O)CCCCC2C(C)(C)C)cn1. The molecule has 18 heavy (non-hydrogen) atoms. The Morgan fingerprint density at radius 1 is 1.28 bits per heavy atom. The van der Waals surface area contributed by atoms with Crippen LogP contribution in [0.15, 0.2) is 18.3 Å². The largest absolute Gasteiger partial charge is 0.385 e. The molecule has 2 unspecified atom stereocenters. The maximum absolute atomic E-state index is 11.2. The first-order valence-electron chi connectivity index (χ1n) is 6.99. The van der Waals surface area contributed by atoms with Crippen molar-refractivity contribution >= 4 is 0 Å². The zero-order valence-corrected chi connectivity index (χ0v) is 12.0. The number of rotatable bonds is 1. The molecule has 1 aromatic heterocycles. The molecule has 1 N–H and O–H groups in total. The van der Waals surface area contributed by atoms with Gasteiger partial charge in [0, 0.05) is 17.5 Å². The van der Waals surface area contributed by atoms with E-state index in [4.69, 9.17) is 0 Å². The normalized spacial score (nSPS) is 29.3. The van der Waals surface area contributed by atoms with Gasteiger partial charge in [0.2, 0.25) is 0 Å². The van der Waals surface area contributed by atoms with Crippen LogP contribution in [0.5, 0.6) is 0 Å². The molecule has 2 nitrogen and oxygen atoms in total. The second-order valence-corrected chi connectivity index (χ2v) is 6.78. The fourth-order valence-electron chi connectivity index (χ4n) is 3.37. The lowest BCUT2D eigenvalue weighted by Crippen LogP contribution is -2.44. The van der Waals surface area contributed by atoms with E-state index in [0.29, 0.717) is 5.92 Å². The van der Waals surface area contributed by atoms with Gasteiger partial charge in [-0.25, -0.2) is 0 Å². The van der Waals surface area contributed by atoms with Crippen molar-refractivity contribution in [2.75, 3.05) is 0 Å². The fraction of sp³-hybridized carbons (Fsp3) is 0.688. The highest BCUT2D eigenvalue weighted by Gasteiger charge is 2.45. The number of aryl methyl sites for hydroxylation is 1. The summed E-state index contributed by atoms with van der Waals surface area (Å²) in [6, 6.07) is 4.05. The van der Waals surface area contributed by atoms with Gasteiger partial charge in [-0.3, -0.25) is 4.98 Å². The van der Waals surface area contributed by atoms with Crippen LogP contribution in [-0.4, -0.2) is 10.1 Å². The van der Waals surface area contributed by atoms with Crippen LogP contribution in [0.1, 0.15) is 57.7 Å². The lowest BCUT2D eigenvalue weighted by atomic mass is 9.62. The molecule has 0 saturated heterocycles. The van der Waals surface area contributed by atoms with Crippen LogP contribution in [0.2, 0.25) is 0 Å². The van der Waals surface area contributed by atoms with Crippen LogP contribution in [-0.2, 0) is 5.60 Å². The van der Waals surface area contributed by atoms with E-state index in [1.165, 1.54) is 6.42 Å². The molecule has 2 heteroatoms. The Kier molecular flexibility index (Phi) is 3.50. The summed E-state index contributed by atoms with van der Waals surface area (Å²) in [5.41, 5.74) is 1.43. The summed E-state index contributed by atoms with van der Waals surface area (Å²) in [4.78, 5) is 4.36. The molecule has 2 rings (SSSR count). The molecule has 0 spiro atoms. The van der Waals surface area contributed by atoms with Crippen LogP contribution in [0.4, 0.5) is 0 Å². The van der Waals surface area contributed by atoms with Crippen molar-refractivity contribution in [2.45, 2.75) is 59.0 Å². The molecule has 0 bridgehead atoms. The van der Waals surface area contributed by atoms with Crippen molar-refractivity contribution in [3.8, 4) is 0 Å². The van der Waals surface area contributed by atoms with Gasteiger partial charge in [-0.2, -0.15) is 0 Å². The first kappa shape index (κ1) is 13.5. The predicted molar refractivity (Wildman–Crippen MR) is 74.3 cm³/mol. The van der Waals surface area contributed by atoms with Gasteiger partial charge < -0.3 is 5.11 Å². The molecule has 2 atom stereocenters. The second kappa shape index (κ2) is 4.65. The monoisotopic (exact) mass is 247 g/mol. The fourth-order valence-corrected chi connectivity index (χ4v) is 3.37. The smallest absolute Gasteiger partial charge is 0.0944 e. The van der Waals surface area contributed by atoms with E-state index in [1.807, 2.05) is 25.3 Å². The number of pyridine rings is 1. The van der Waals surface area contributed by atoms with Gasteiger partial charge in [0.1, 0.15) is 0 Å². The quantitative estimate of drug-likeness (QED) is 0.818. The molecule has 1 saturated carbocycles. The lowest BCUT2D eigenvalue weighted by molar-refractivity contribution is -0.0961. The minimum atomic E-state index is -0.697. The second-order valence-electron chi connectivity index (χ2n) is 6.78. The van der Waals surface area contributed by atoms with Crippen molar-refractivity contribution in [2.24, 2.45) is 11.3 Å². The zero-order valence-electron chi connectivity index (χ0n) is 12.0. The van der Waals surface area contributed by atoms with Gasteiger partial charge in [0.05, 0.1) is 5.60 Å². The maximum Gasteiger partial charge on any atom is 0.0944 e. The van der Waals surface area contributed by atoms with Crippen LogP contribution in [0.25, 0.3) is 0 Å². The first-order chi connectivity index (χ1) is 8.34. The molecule has 1 aromatic rings. The van der Waals surface area contributed by atoms with Gasteiger partial charge >= 0.3 is 0 Å². The molecule has 0 amide bonds. The Balaban J connectivity index is 2.39. The molecule has 1 fully saturated rings. The summed E-state index contributed by atoms with van der Waals surface area (Å²) >= 11 is 0. The van der Waals surface area contributed by atoms with Gasteiger partial charge in [-0.1, -0.05) is 39.7 Å². The third kappa shape index (κ3) is 2.44. The molecule has 0 aromatic carbocycles. The molecule has 1 aliphatic carbocycles. The highest BCUT2D eigenvalue weighted by molar-refractivity contribution is 5.23. The van der Waals surface area contributed by atoms with Gasteiger partial charge in [0.25, 0.3) is 0 Å². The van der Waals surface area contributed by atoms with Gasteiger partial charge in [-0.05, 0) is 37.2 Å². The maximum atomic E-state index is 11.2. The Morgan fingerprint density at radius 3 is 2.56 bits per heavy atom. The van der Waals surface area contributed by atoms with E-state index in [2.05, 4.69) is 25.8 Å². The molecule has 1 aliphatic rings. The lowest BCUT2D eigenvalue weighted by Gasteiger charge is -2.47. The first-order valence-corrected chi connectivity index (χ1v) is 6.99. The number of hydrogen-bond donors (Lipinski definition) is 1. The van der Waals surface area contributed by atoms with Crippen molar-refractivity contribution in [1.82, 2.24) is 4.98 Å². The van der Waals surface area contributed by atoms with Crippen molar-refractivity contribution in [3.05, 3.63) is 29.6 Å². The van der Waals surface area contributed by atoms with Crippen molar-refractivity contribution < 1.29 is 5.11 Å². The van der Waals surface area contributed by atoms with E-state index < -0.39 is 5.60 Å². The van der Waals surface area contributed by atoms with Crippen LogP contribution < -0.4 is 0 Å². The molecule has 100 valence electrons. The van der Waals surface area contributed by atoms with Crippen molar-refractivity contribution in [1.29, 1.82) is 0 Å². The molecular formula is C16H25NO. The topological polar surface area (TPSA) is 33.1 Å². The average Bonchev–Trinajstić information content (AvgIpc) is 2.28. The summed E-state index contributed by atoms with van der Waals surface area (Å²) in [7, 11) is 0.